The molecule has 1 unspecified atom stereocenters. The van der Waals surface area contributed by atoms with Crippen LogP contribution >= 0.6 is 0 Å². The summed E-state index contributed by atoms with van der Waals surface area (Å²) in [5, 5.41) is 10.7. The third-order valence-corrected chi connectivity index (χ3v) is 3.99. The van der Waals surface area contributed by atoms with Crippen molar-refractivity contribution in [3.63, 3.8) is 0 Å². The van der Waals surface area contributed by atoms with E-state index in [4.69, 9.17) is 9.47 Å². The first kappa shape index (κ1) is 20.2. The molecule has 0 fully saturated rings. The highest BCUT2D eigenvalue weighted by atomic mass is 19.4. The van der Waals surface area contributed by atoms with Gasteiger partial charge in [-0.2, -0.15) is 0 Å². The Morgan fingerprint density at radius 2 is 2.07 bits per heavy atom. The smallest absolute Gasteiger partial charge is 0.445 e. The molecule has 1 atom stereocenters. The number of fused-ring (bicyclic) bond motifs is 1. The lowest BCUT2D eigenvalue weighted by molar-refractivity contribution is -0.389. The number of hydrogen-bond donors (Lipinski definition) is 0. The number of halogens is 3. The summed E-state index contributed by atoms with van der Waals surface area (Å²) in [6, 6.07) is 4.72. The number of amides is 1. The van der Waals surface area contributed by atoms with E-state index >= 15 is 0 Å². The normalized spacial score (nSPS) is 18.0. The van der Waals surface area contributed by atoms with Gasteiger partial charge in [0.2, 0.25) is 0 Å². The van der Waals surface area contributed by atoms with Gasteiger partial charge in [0.25, 0.3) is 0 Å². The van der Waals surface area contributed by atoms with Gasteiger partial charge in [0, 0.05) is 17.7 Å². The maximum atomic E-state index is 12.2. The predicted molar refractivity (Wildman–Crippen MR) is 90.8 cm³/mol. The third kappa shape index (κ3) is 4.67. The van der Waals surface area contributed by atoms with Crippen LogP contribution < -0.4 is 14.4 Å². The van der Waals surface area contributed by atoms with Crippen LogP contribution in [0.15, 0.2) is 30.5 Å². The van der Waals surface area contributed by atoms with E-state index in [0.29, 0.717) is 0 Å². The zero-order chi connectivity index (χ0) is 21.4. The van der Waals surface area contributed by atoms with Gasteiger partial charge in [-0.05, 0) is 36.1 Å². The van der Waals surface area contributed by atoms with Gasteiger partial charge in [-0.1, -0.05) is 0 Å². The molecule has 156 valence electrons. The van der Waals surface area contributed by atoms with E-state index < -0.39 is 28.7 Å². The zero-order valence-corrected chi connectivity index (χ0v) is 15.2. The minimum absolute atomic E-state index is 0.0452. The Morgan fingerprint density at radius 1 is 1.41 bits per heavy atom. The van der Waals surface area contributed by atoms with Crippen molar-refractivity contribution in [2.24, 2.45) is 0 Å². The zero-order valence-electron chi connectivity index (χ0n) is 15.2. The highest BCUT2D eigenvalue weighted by Crippen LogP contribution is 2.31. The quantitative estimate of drug-likeness (QED) is 0.544. The molecule has 1 amide bonds. The SMILES string of the molecule is CN(C(=O)OCC1(C)Cn2cc([N+](=O)[O-])nc2O1)c1ccc(OC(F)(F)F)cc1. The fraction of sp³-hybridized carbons (Fsp3) is 0.375. The van der Waals surface area contributed by atoms with Crippen LogP contribution in [0.1, 0.15) is 6.92 Å². The minimum Gasteiger partial charge on any atom is -0.445 e. The molecule has 0 saturated carbocycles. The number of nitrogens with zero attached hydrogens (tertiary/aromatic N) is 4. The molecule has 10 nitrogen and oxygen atoms in total. The lowest BCUT2D eigenvalue weighted by Gasteiger charge is -2.24. The Balaban J connectivity index is 1.56. The highest BCUT2D eigenvalue weighted by Gasteiger charge is 2.41. The topological polar surface area (TPSA) is 109 Å². The molecule has 0 aliphatic carbocycles. The van der Waals surface area contributed by atoms with E-state index in [2.05, 4.69) is 9.72 Å². The molecular formula is C16H15F3N4O6. The van der Waals surface area contributed by atoms with Crippen molar-refractivity contribution in [2.75, 3.05) is 18.6 Å². The number of benzene rings is 1. The van der Waals surface area contributed by atoms with Crippen molar-refractivity contribution in [1.82, 2.24) is 9.55 Å². The summed E-state index contributed by atoms with van der Waals surface area (Å²) in [6.07, 6.45) is -4.36. The molecule has 0 N–H and O–H groups in total. The molecule has 0 spiro atoms. The number of alkyl halides is 3. The average Bonchev–Trinajstić information content (AvgIpc) is 3.14. The van der Waals surface area contributed by atoms with E-state index in [1.54, 1.807) is 6.92 Å². The van der Waals surface area contributed by atoms with Gasteiger partial charge in [-0.15, -0.1) is 13.2 Å². The summed E-state index contributed by atoms with van der Waals surface area (Å²) >= 11 is 0. The fourth-order valence-electron chi connectivity index (χ4n) is 2.64. The Kier molecular flexibility index (Phi) is 4.98. The molecule has 1 aliphatic rings. The van der Waals surface area contributed by atoms with E-state index in [-0.39, 0.29) is 30.7 Å². The Morgan fingerprint density at radius 3 is 2.62 bits per heavy atom. The van der Waals surface area contributed by atoms with Crippen LogP contribution in [0.5, 0.6) is 11.8 Å². The molecule has 0 bridgehead atoms. The summed E-state index contributed by atoms with van der Waals surface area (Å²) in [4.78, 5) is 27.1. The maximum Gasteiger partial charge on any atom is 0.573 e. The van der Waals surface area contributed by atoms with Crippen LogP contribution in [0.25, 0.3) is 0 Å². The largest absolute Gasteiger partial charge is 0.573 e. The van der Waals surface area contributed by atoms with Crippen LogP contribution in [-0.2, 0) is 11.3 Å². The predicted octanol–water partition coefficient (Wildman–Crippen LogP) is 3.11. The molecule has 1 aromatic carbocycles. The molecule has 2 aromatic rings. The summed E-state index contributed by atoms with van der Waals surface area (Å²) in [5.41, 5.74) is -0.691. The van der Waals surface area contributed by atoms with Crippen LogP contribution in [-0.4, -0.2) is 46.2 Å². The number of imidazole rings is 1. The first-order valence-corrected chi connectivity index (χ1v) is 8.13. The first-order valence-electron chi connectivity index (χ1n) is 8.13. The summed E-state index contributed by atoms with van der Waals surface area (Å²) in [5.74, 6) is -0.768. The Hall–Kier alpha value is -3.51. The molecule has 0 radical (unpaired) electrons. The molecule has 0 saturated heterocycles. The minimum atomic E-state index is -4.81. The molecule has 2 heterocycles. The maximum absolute atomic E-state index is 12.2. The van der Waals surface area contributed by atoms with Crippen LogP contribution in [0.3, 0.4) is 0 Å². The average molecular weight is 416 g/mol. The van der Waals surface area contributed by atoms with E-state index in [0.717, 1.165) is 17.0 Å². The van der Waals surface area contributed by atoms with Crippen molar-refractivity contribution in [1.29, 1.82) is 0 Å². The van der Waals surface area contributed by atoms with E-state index in [1.807, 2.05) is 0 Å². The summed E-state index contributed by atoms with van der Waals surface area (Å²) < 4.78 is 52.5. The van der Waals surface area contributed by atoms with Crippen molar-refractivity contribution in [3.8, 4) is 11.8 Å². The molecule has 1 aliphatic heterocycles. The van der Waals surface area contributed by atoms with Gasteiger partial charge < -0.3 is 24.3 Å². The van der Waals surface area contributed by atoms with Crippen molar-refractivity contribution in [2.45, 2.75) is 25.4 Å². The number of anilines is 1. The van der Waals surface area contributed by atoms with Gasteiger partial charge in [0.1, 0.15) is 18.6 Å². The standard InChI is InChI=1S/C16H15F3N4O6/c1-15(8-22-7-12(23(25)26)20-13(22)29-15)9-27-14(24)21(2)10-3-5-11(6-4-10)28-16(17,18)19/h3-7H,8-9H2,1-2H3. The molecule has 29 heavy (non-hydrogen) atoms. The number of hydrogen-bond acceptors (Lipinski definition) is 7. The molecular weight excluding hydrogens is 401 g/mol. The first-order chi connectivity index (χ1) is 13.5. The van der Waals surface area contributed by atoms with Gasteiger partial charge in [-0.3, -0.25) is 9.47 Å². The van der Waals surface area contributed by atoms with Gasteiger partial charge in [-0.25, -0.2) is 4.79 Å². The van der Waals surface area contributed by atoms with Crippen LogP contribution in [0, 0.1) is 10.1 Å². The van der Waals surface area contributed by atoms with Crippen molar-refractivity contribution >= 4 is 17.6 Å². The third-order valence-electron chi connectivity index (χ3n) is 3.99. The number of rotatable bonds is 5. The van der Waals surface area contributed by atoms with E-state index in [9.17, 15) is 28.1 Å². The van der Waals surface area contributed by atoms with Crippen molar-refractivity contribution in [3.05, 3.63) is 40.6 Å². The second kappa shape index (κ2) is 7.14. The van der Waals surface area contributed by atoms with Crippen LogP contribution in [0.4, 0.5) is 29.5 Å². The number of carbonyl (C=O) groups is 1. The number of ether oxygens (including phenoxy) is 3. The second-order valence-electron chi connectivity index (χ2n) is 6.47. The monoisotopic (exact) mass is 416 g/mol. The summed E-state index contributed by atoms with van der Waals surface area (Å²) in [6.45, 7) is 1.65. The fourth-order valence-corrected chi connectivity index (χ4v) is 2.64. The Bertz CT molecular complexity index is 904. The molecule has 13 heteroatoms. The number of aromatic nitrogens is 2. The summed E-state index contributed by atoms with van der Waals surface area (Å²) in [7, 11) is 1.38. The molecule has 1 aromatic heterocycles. The number of carbonyl (C=O) groups excluding carboxylic acids is 1. The Labute approximate surface area is 161 Å². The highest BCUT2D eigenvalue weighted by molar-refractivity contribution is 5.87. The molecule has 3 rings (SSSR count). The number of nitro groups is 1. The van der Waals surface area contributed by atoms with Crippen LogP contribution in [0.2, 0.25) is 0 Å². The van der Waals surface area contributed by atoms with Crippen molar-refractivity contribution < 1.29 is 37.1 Å². The van der Waals surface area contributed by atoms with Gasteiger partial charge in [0.05, 0.1) is 6.54 Å². The van der Waals surface area contributed by atoms with Gasteiger partial charge in [0.15, 0.2) is 5.60 Å². The van der Waals surface area contributed by atoms with Gasteiger partial charge >= 0.3 is 24.3 Å². The second-order valence-corrected chi connectivity index (χ2v) is 6.47. The lowest BCUT2D eigenvalue weighted by Crippen LogP contribution is -2.40. The van der Waals surface area contributed by atoms with E-state index in [1.165, 1.54) is 29.9 Å². The lowest BCUT2D eigenvalue weighted by atomic mass is 10.1.